The number of ether oxygens (including phenoxy) is 9. The quantitative estimate of drug-likeness (QED) is 0.0754. The van der Waals surface area contributed by atoms with Crippen molar-refractivity contribution in [2.24, 2.45) is 0 Å². The first-order valence-corrected chi connectivity index (χ1v) is 25.7. The average Bonchev–Trinajstić information content (AvgIpc) is 3.28. The molecular weight excluding hydrogens is 1050 g/mol. The van der Waals surface area contributed by atoms with Gasteiger partial charge in [-0.15, -0.1) is 0 Å². The van der Waals surface area contributed by atoms with Crippen molar-refractivity contribution in [3.63, 3.8) is 0 Å². The molecule has 0 aromatic heterocycles. The molecule has 5 rings (SSSR count). The van der Waals surface area contributed by atoms with Crippen LogP contribution in [0.5, 0.6) is 0 Å². The number of nitro groups is 1. The lowest BCUT2D eigenvalue weighted by molar-refractivity contribution is -0.384. The molecule has 2 saturated heterocycles. The number of aliphatic hydroxyl groups is 4. The number of β-amino-alcohol motifs (C(OH)–C–C–N with tert-alkyl or cyclic N) is 1. The van der Waals surface area contributed by atoms with Gasteiger partial charge in [-0.2, -0.15) is 0 Å². The maximum Gasteiger partial charge on any atom is 0.410 e. The number of nitrogens with zero attached hydrogens (tertiary/aromatic N) is 3. The minimum Gasteiger partial charge on any atom is -0.465 e. The molecule has 0 bridgehead atoms. The van der Waals surface area contributed by atoms with Gasteiger partial charge in [0.25, 0.3) is 11.6 Å². The number of alkyl carbamates (subject to hydrolysis) is 3. The zero-order valence-corrected chi connectivity index (χ0v) is 47.2. The van der Waals surface area contributed by atoms with Gasteiger partial charge in [-0.1, -0.05) is 0 Å². The lowest BCUT2D eigenvalue weighted by atomic mass is 9.82. The minimum absolute atomic E-state index is 0.0438. The topological polar surface area (TPSA) is 364 Å². The number of aliphatic hydroxyl groups excluding tert-OH is 2. The van der Waals surface area contributed by atoms with Crippen molar-refractivity contribution in [1.29, 1.82) is 0 Å². The molecule has 1 aromatic rings. The molecule has 1 saturated carbocycles. The van der Waals surface area contributed by atoms with Gasteiger partial charge in [-0.3, -0.25) is 14.9 Å². The molecule has 28 heteroatoms. The number of carbonyl (C=O) groups excluding carboxylic acids is 6. The van der Waals surface area contributed by atoms with Crippen LogP contribution in [0.3, 0.4) is 0 Å². The summed E-state index contributed by atoms with van der Waals surface area (Å²) >= 11 is 0. The number of rotatable bonds is 14. The molecule has 3 heterocycles. The van der Waals surface area contributed by atoms with E-state index in [0.717, 1.165) is 9.80 Å². The van der Waals surface area contributed by atoms with Gasteiger partial charge in [0, 0.05) is 19.2 Å². The summed E-state index contributed by atoms with van der Waals surface area (Å²) in [5.41, 5.74) is -7.76. The lowest BCUT2D eigenvalue weighted by Gasteiger charge is -2.51. The number of likely N-dealkylation sites (N-methyl/N-ethyl adjacent to an activating group) is 1. The Morgan fingerprint density at radius 1 is 0.747 bits per heavy atom. The van der Waals surface area contributed by atoms with E-state index in [4.69, 9.17) is 42.6 Å². The standard InChI is InChI=1S/C51H79N7O21/c1-46(2,3)76-42(63)54-30-20-19-29(22-52-41(62)71-23-27-15-17-28(18-16-27)58(69)70)73-38(30)74-36-32(55-43(64)77-47(4,5)6)21-31(53-40(61)51(68)24-57(25-51)45(66)79-49(10,11)12)35(33(36)59)75-39-34(60)37(50(13,67)26-72-39)56(14)44(65)78-48(7,8)9/h15-19,30-39,59-60,67-68H,20-26H2,1-14H3,(H,52,62)(H,53,61)(H,54,63)(H,55,64)/t30-,31-,32+,33-,34-,35+,36-,37-,38-,39-,50+/m1/s1. The minimum atomic E-state index is -2.21. The Morgan fingerprint density at radius 3 is 1.80 bits per heavy atom. The maximum absolute atomic E-state index is 14.2. The number of benzene rings is 1. The highest BCUT2D eigenvalue weighted by atomic mass is 16.7. The van der Waals surface area contributed by atoms with E-state index in [1.165, 1.54) is 44.3 Å². The summed E-state index contributed by atoms with van der Waals surface area (Å²) in [6.45, 7) is 18.6. The Hall–Kier alpha value is -6.30. The monoisotopic (exact) mass is 1130 g/mol. The molecule has 11 atom stereocenters. The predicted molar refractivity (Wildman–Crippen MR) is 274 cm³/mol. The molecule has 1 aliphatic carbocycles. The van der Waals surface area contributed by atoms with Crippen LogP contribution >= 0.6 is 0 Å². The van der Waals surface area contributed by atoms with Gasteiger partial charge in [0.15, 0.2) is 11.9 Å². The number of nitrogens with one attached hydrogen (secondary N) is 4. The van der Waals surface area contributed by atoms with Gasteiger partial charge < -0.3 is 94.1 Å². The van der Waals surface area contributed by atoms with E-state index < -0.39 is 162 Å². The fourth-order valence-corrected chi connectivity index (χ4v) is 8.80. The van der Waals surface area contributed by atoms with Crippen LogP contribution < -0.4 is 21.3 Å². The van der Waals surface area contributed by atoms with Gasteiger partial charge in [0.05, 0.1) is 55.3 Å². The summed E-state index contributed by atoms with van der Waals surface area (Å²) in [5.74, 6) is -0.977. The van der Waals surface area contributed by atoms with Crippen molar-refractivity contribution in [3.05, 3.63) is 51.8 Å². The normalized spacial score (nSPS) is 28.0. The molecule has 0 radical (unpaired) electrons. The number of hydrogen-bond donors (Lipinski definition) is 8. The molecule has 0 unspecified atom stereocenters. The Morgan fingerprint density at radius 2 is 1.27 bits per heavy atom. The van der Waals surface area contributed by atoms with Crippen molar-refractivity contribution in [2.45, 2.75) is 204 Å². The molecule has 3 aliphatic heterocycles. The van der Waals surface area contributed by atoms with Crippen molar-refractivity contribution in [3.8, 4) is 0 Å². The van der Waals surface area contributed by atoms with Crippen LogP contribution in [0.15, 0.2) is 36.1 Å². The molecule has 1 aromatic carbocycles. The van der Waals surface area contributed by atoms with Crippen LogP contribution in [0.2, 0.25) is 0 Å². The van der Waals surface area contributed by atoms with Crippen LogP contribution in [0.1, 0.15) is 108 Å². The number of amides is 6. The van der Waals surface area contributed by atoms with E-state index in [1.807, 2.05) is 0 Å². The molecular formula is C51H79N7O21. The van der Waals surface area contributed by atoms with Crippen LogP contribution in [-0.2, 0) is 54.0 Å². The molecule has 444 valence electrons. The maximum atomic E-state index is 14.2. The second kappa shape index (κ2) is 24.6. The highest BCUT2D eigenvalue weighted by molar-refractivity contribution is 5.89. The van der Waals surface area contributed by atoms with E-state index in [0.29, 0.717) is 5.56 Å². The molecule has 79 heavy (non-hydrogen) atoms. The van der Waals surface area contributed by atoms with E-state index in [9.17, 15) is 59.3 Å². The molecule has 28 nitrogen and oxygen atoms in total. The van der Waals surface area contributed by atoms with Crippen LogP contribution in [0.4, 0.5) is 29.7 Å². The zero-order valence-electron chi connectivity index (χ0n) is 47.2. The molecule has 6 amide bonds. The Kier molecular flexibility index (Phi) is 19.8. The van der Waals surface area contributed by atoms with Crippen LogP contribution in [0.25, 0.3) is 0 Å². The Labute approximate surface area is 458 Å². The van der Waals surface area contributed by atoms with Gasteiger partial charge in [-0.05, 0) is 127 Å². The van der Waals surface area contributed by atoms with Gasteiger partial charge in [0.2, 0.25) is 6.29 Å². The van der Waals surface area contributed by atoms with Crippen molar-refractivity contribution in [1.82, 2.24) is 31.1 Å². The molecule has 3 fully saturated rings. The number of non-ortho nitro benzene ring substituents is 1. The highest BCUT2D eigenvalue weighted by Gasteiger charge is 2.57. The third-order valence-electron chi connectivity index (χ3n) is 12.3. The van der Waals surface area contributed by atoms with E-state index >= 15 is 0 Å². The van der Waals surface area contributed by atoms with Crippen molar-refractivity contribution < 1.29 is 96.7 Å². The average molecular weight is 1130 g/mol. The fourth-order valence-electron chi connectivity index (χ4n) is 8.80. The van der Waals surface area contributed by atoms with Crippen LogP contribution in [0, 0.1) is 10.1 Å². The third kappa shape index (κ3) is 18.1. The molecule has 4 aliphatic rings. The van der Waals surface area contributed by atoms with Crippen LogP contribution in [-0.4, -0.2) is 200 Å². The number of nitro benzene ring substituents is 1. The van der Waals surface area contributed by atoms with Gasteiger partial charge in [-0.25, -0.2) is 24.0 Å². The highest BCUT2D eigenvalue weighted by Crippen LogP contribution is 2.36. The fraction of sp³-hybridized carbons (Fsp3) is 0.725. The van der Waals surface area contributed by atoms with Crippen molar-refractivity contribution in [2.75, 3.05) is 33.3 Å². The first kappa shape index (κ1) is 63.5. The third-order valence-corrected chi connectivity index (χ3v) is 12.3. The van der Waals surface area contributed by atoms with Gasteiger partial charge in [0.1, 0.15) is 64.8 Å². The summed E-state index contributed by atoms with van der Waals surface area (Å²) in [5, 5.41) is 69.5. The zero-order chi connectivity index (χ0) is 59.4. The second-order valence-corrected chi connectivity index (χ2v) is 24.2. The summed E-state index contributed by atoms with van der Waals surface area (Å²) in [6.07, 6.45) is -14.2. The first-order valence-electron chi connectivity index (χ1n) is 25.7. The molecule has 0 spiro atoms. The number of hydrogen-bond acceptors (Lipinski definition) is 21. The largest absolute Gasteiger partial charge is 0.465 e. The van der Waals surface area contributed by atoms with E-state index in [2.05, 4.69) is 21.3 Å². The summed E-state index contributed by atoms with van der Waals surface area (Å²) in [6, 6.07) is -0.0630. The lowest BCUT2D eigenvalue weighted by Crippen LogP contribution is -2.74. The summed E-state index contributed by atoms with van der Waals surface area (Å²) in [4.78, 5) is 93.0. The smallest absolute Gasteiger partial charge is 0.410 e. The first-order chi connectivity index (χ1) is 36.2. The van der Waals surface area contributed by atoms with E-state index in [1.54, 1.807) is 83.1 Å². The van der Waals surface area contributed by atoms with E-state index in [-0.39, 0.29) is 31.0 Å². The SMILES string of the molecule is CN(C(=O)OC(C)(C)C)[C@@H]1[C@@H](O)[C@@H](O[C@@H]2[C@@H](O)[C@H](O[C@H]3OC(CNC(=O)OCc4ccc([N+](=O)[O-])cc4)=CC[C@H]3NC(=O)OC(C)(C)C)[C@@H](NC(=O)OC(C)(C)C)C[C@H]2NC(=O)C2(O)CN(C(=O)OC(C)(C)C)C2)OC[C@]1(C)O. The molecule has 8 N–H and O–H groups in total. The number of likely N-dealkylation sites (tertiary alicyclic amines) is 1. The Balaban J connectivity index is 1.50. The van der Waals surface area contributed by atoms with Crippen molar-refractivity contribution >= 4 is 42.1 Å². The van der Waals surface area contributed by atoms with Gasteiger partial charge >= 0.3 is 30.5 Å². The second-order valence-electron chi connectivity index (χ2n) is 24.2. The Bertz CT molecular complexity index is 2390. The summed E-state index contributed by atoms with van der Waals surface area (Å²) in [7, 11) is 1.28. The summed E-state index contributed by atoms with van der Waals surface area (Å²) < 4.78 is 52.5. The number of carbonyl (C=O) groups is 6. The predicted octanol–water partition coefficient (Wildman–Crippen LogP) is 2.94.